The summed E-state index contributed by atoms with van der Waals surface area (Å²) in [6, 6.07) is 9.30. The van der Waals surface area contributed by atoms with Crippen LogP contribution >= 0.6 is 0 Å². The van der Waals surface area contributed by atoms with Crippen LogP contribution in [0.2, 0.25) is 0 Å². The van der Waals surface area contributed by atoms with Gasteiger partial charge in [0.2, 0.25) is 0 Å². The molecule has 0 radical (unpaired) electrons. The second kappa shape index (κ2) is 13.0. The molecule has 186 valence electrons. The summed E-state index contributed by atoms with van der Waals surface area (Å²) < 4.78 is 44.5. The quantitative estimate of drug-likeness (QED) is 0.389. The monoisotopic (exact) mass is 478 g/mol. The lowest BCUT2D eigenvalue weighted by molar-refractivity contribution is 0.0466. The molecule has 0 spiro atoms. The zero-order valence-corrected chi connectivity index (χ0v) is 20.0. The third-order valence-electron chi connectivity index (χ3n) is 5.43. The third-order valence-corrected chi connectivity index (χ3v) is 5.43. The molecule has 1 aliphatic rings. The number of nitrogens with one attached hydrogen (secondary N) is 2. The van der Waals surface area contributed by atoms with Crippen molar-refractivity contribution in [1.82, 2.24) is 10.3 Å². The fourth-order valence-electron chi connectivity index (χ4n) is 3.20. The Morgan fingerprint density at radius 1 is 1.09 bits per heavy atom. The van der Waals surface area contributed by atoms with E-state index >= 15 is 0 Å². The van der Waals surface area contributed by atoms with Crippen LogP contribution < -0.4 is 5.32 Å². The summed E-state index contributed by atoms with van der Waals surface area (Å²) in [6.07, 6.45) is 2.78. The number of halogens is 3. The van der Waals surface area contributed by atoms with Crippen LogP contribution in [0.25, 0.3) is 22.2 Å². The van der Waals surface area contributed by atoms with Crippen molar-refractivity contribution in [3.63, 3.8) is 0 Å². The van der Waals surface area contributed by atoms with Gasteiger partial charge >= 0.3 is 6.09 Å². The van der Waals surface area contributed by atoms with Crippen molar-refractivity contribution < 1.29 is 27.8 Å². The molecular weight excluding hydrogens is 445 g/mol. The summed E-state index contributed by atoms with van der Waals surface area (Å²) in [6.45, 7) is 7.85. The van der Waals surface area contributed by atoms with Crippen LogP contribution in [-0.2, 0) is 4.74 Å². The van der Waals surface area contributed by atoms with Crippen LogP contribution in [0.5, 0.6) is 0 Å². The minimum atomic E-state index is -0.640. The Morgan fingerprint density at radius 2 is 1.74 bits per heavy atom. The van der Waals surface area contributed by atoms with E-state index in [9.17, 15) is 18.0 Å². The Morgan fingerprint density at radius 3 is 2.26 bits per heavy atom. The molecule has 1 aromatic heterocycles. The summed E-state index contributed by atoms with van der Waals surface area (Å²) in [4.78, 5) is 14.1. The van der Waals surface area contributed by atoms with E-state index in [1.165, 1.54) is 18.2 Å². The lowest BCUT2D eigenvalue weighted by atomic mass is 9.96. The van der Waals surface area contributed by atoms with Crippen molar-refractivity contribution in [2.24, 2.45) is 5.92 Å². The van der Waals surface area contributed by atoms with Gasteiger partial charge in [-0.2, -0.15) is 0 Å². The van der Waals surface area contributed by atoms with Crippen molar-refractivity contribution >= 4 is 17.0 Å². The molecule has 5 nitrogen and oxygen atoms in total. The van der Waals surface area contributed by atoms with Gasteiger partial charge in [0.15, 0.2) is 0 Å². The molecule has 1 saturated carbocycles. The van der Waals surface area contributed by atoms with Crippen LogP contribution in [0.15, 0.2) is 42.5 Å². The van der Waals surface area contributed by atoms with Crippen molar-refractivity contribution in [3.8, 4) is 11.3 Å². The number of carbonyl (C=O) groups is 1. The third kappa shape index (κ3) is 7.52. The number of amides is 1. The first-order valence-corrected chi connectivity index (χ1v) is 11.6. The molecule has 34 heavy (non-hydrogen) atoms. The highest BCUT2D eigenvalue weighted by Crippen LogP contribution is 2.26. The van der Waals surface area contributed by atoms with Crippen molar-refractivity contribution in [3.05, 3.63) is 59.9 Å². The van der Waals surface area contributed by atoms with Crippen molar-refractivity contribution in [2.45, 2.75) is 59.1 Å². The SMILES string of the molecule is CC.CC(C)C(CO)NC(=O)OC1CCC1.Fc1ccc(-c2cc3cc(F)cc(F)c3[nH]2)cc1. The number of aliphatic hydroxyl groups excluding tert-OH is 1. The van der Waals surface area contributed by atoms with Crippen LogP contribution in [0.3, 0.4) is 0 Å². The van der Waals surface area contributed by atoms with E-state index in [1.54, 1.807) is 18.2 Å². The number of rotatable bonds is 5. The Bertz CT molecular complexity index is 1050. The zero-order valence-electron chi connectivity index (χ0n) is 20.0. The highest BCUT2D eigenvalue weighted by molar-refractivity contribution is 5.86. The van der Waals surface area contributed by atoms with E-state index in [2.05, 4.69) is 10.3 Å². The Balaban J connectivity index is 0.000000231. The number of hydrogen-bond acceptors (Lipinski definition) is 3. The first-order valence-electron chi connectivity index (χ1n) is 11.6. The maximum atomic E-state index is 13.5. The average molecular weight is 479 g/mol. The minimum absolute atomic E-state index is 0.0442. The molecule has 1 heterocycles. The van der Waals surface area contributed by atoms with Gasteiger partial charge in [-0.3, -0.25) is 0 Å². The van der Waals surface area contributed by atoms with Gasteiger partial charge in [-0.25, -0.2) is 18.0 Å². The van der Waals surface area contributed by atoms with Crippen molar-refractivity contribution in [1.29, 1.82) is 0 Å². The molecule has 1 aliphatic carbocycles. The molecule has 0 bridgehead atoms. The maximum absolute atomic E-state index is 13.5. The molecule has 8 heteroatoms. The van der Waals surface area contributed by atoms with E-state index in [0.717, 1.165) is 25.3 Å². The summed E-state index contributed by atoms with van der Waals surface area (Å²) in [5.41, 5.74) is 1.58. The standard InChI is InChI=1S/C14H8F3N.C10H19NO3.C2H6/c15-10-3-1-8(2-4-10)13-6-9-5-11(16)7-12(17)14(9)18-13;1-7(2)9(6-12)11-10(13)14-8-4-3-5-8;1-2/h1-7,18H;7-9,12H,3-6H2,1-2H3,(H,11,13);1-2H3. The van der Waals surface area contributed by atoms with E-state index in [0.29, 0.717) is 16.6 Å². The number of benzene rings is 2. The van der Waals surface area contributed by atoms with Crippen LogP contribution in [0, 0.1) is 23.4 Å². The fraction of sp³-hybridized carbons (Fsp3) is 0.423. The molecule has 3 N–H and O–H groups in total. The number of carbonyl (C=O) groups excluding carboxylic acids is 1. The average Bonchev–Trinajstić information content (AvgIpc) is 3.21. The molecule has 4 rings (SSSR count). The first-order chi connectivity index (χ1) is 16.3. The summed E-state index contributed by atoms with van der Waals surface area (Å²) >= 11 is 0. The lowest BCUT2D eigenvalue weighted by Gasteiger charge is -2.27. The zero-order chi connectivity index (χ0) is 25.3. The van der Waals surface area contributed by atoms with E-state index in [1.807, 2.05) is 27.7 Å². The first kappa shape index (κ1) is 27.2. The predicted molar refractivity (Wildman–Crippen MR) is 128 cm³/mol. The molecule has 0 aliphatic heterocycles. The number of fused-ring (bicyclic) bond motifs is 1. The number of aliphatic hydroxyl groups is 1. The maximum Gasteiger partial charge on any atom is 0.407 e. The number of hydrogen-bond donors (Lipinski definition) is 3. The minimum Gasteiger partial charge on any atom is -0.446 e. The summed E-state index contributed by atoms with van der Waals surface area (Å²) in [7, 11) is 0. The van der Waals surface area contributed by atoms with Crippen LogP contribution in [-0.4, -0.2) is 34.9 Å². The summed E-state index contributed by atoms with van der Waals surface area (Å²) in [5, 5.41) is 12.1. The largest absolute Gasteiger partial charge is 0.446 e. The molecule has 1 atom stereocenters. The Labute approximate surface area is 198 Å². The molecule has 1 unspecified atom stereocenters. The number of aromatic nitrogens is 1. The van der Waals surface area contributed by atoms with Gasteiger partial charge in [0.1, 0.15) is 23.6 Å². The van der Waals surface area contributed by atoms with Crippen LogP contribution in [0.4, 0.5) is 18.0 Å². The molecule has 0 saturated heterocycles. The Hall–Kier alpha value is -3.00. The Kier molecular flexibility index (Phi) is 10.4. The van der Waals surface area contributed by atoms with Crippen LogP contribution in [0.1, 0.15) is 47.0 Å². The van der Waals surface area contributed by atoms with E-state index in [4.69, 9.17) is 9.84 Å². The molecule has 1 fully saturated rings. The smallest absolute Gasteiger partial charge is 0.407 e. The second-order valence-corrected chi connectivity index (χ2v) is 8.18. The van der Waals surface area contributed by atoms with Gasteiger partial charge in [0.25, 0.3) is 0 Å². The van der Waals surface area contributed by atoms with Crippen molar-refractivity contribution in [2.75, 3.05) is 6.61 Å². The molecular formula is C26H33F3N2O3. The highest BCUT2D eigenvalue weighted by atomic mass is 19.1. The lowest BCUT2D eigenvalue weighted by Crippen LogP contribution is -2.43. The van der Waals surface area contributed by atoms with E-state index in [-0.39, 0.29) is 36.0 Å². The van der Waals surface area contributed by atoms with Gasteiger partial charge in [-0.1, -0.05) is 27.7 Å². The summed E-state index contributed by atoms with van der Waals surface area (Å²) in [5.74, 6) is -1.39. The van der Waals surface area contributed by atoms with Gasteiger partial charge in [-0.05, 0) is 67.1 Å². The van der Waals surface area contributed by atoms with Gasteiger partial charge in [-0.15, -0.1) is 0 Å². The van der Waals surface area contributed by atoms with Gasteiger partial charge in [0.05, 0.1) is 18.2 Å². The topological polar surface area (TPSA) is 74.3 Å². The number of aromatic amines is 1. The normalized spacial score (nSPS) is 13.8. The number of ether oxygens (including phenoxy) is 1. The van der Waals surface area contributed by atoms with Gasteiger partial charge in [0, 0.05) is 17.1 Å². The second-order valence-electron chi connectivity index (χ2n) is 8.18. The highest BCUT2D eigenvalue weighted by Gasteiger charge is 2.23. The number of alkyl carbamates (subject to hydrolysis) is 1. The number of H-pyrrole nitrogens is 1. The molecule has 3 aromatic rings. The molecule has 2 aromatic carbocycles. The fourth-order valence-corrected chi connectivity index (χ4v) is 3.20. The van der Waals surface area contributed by atoms with E-state index < -0.39 is 17.7 Å². The van der Waals surface area contributed by atoms with Gasteiger partial charge < -0.3 is 20.1 Å². The predicted octanol–water partition coefficient (Wildman–Crippen LogP) is 6.56. The molecule has 1 amide bonds.